The number of likely N-dealkylation sites (tertiary alicyclic amines) is 1. The minimum Gasteiger partial charge on any atom is -0.872 e. The van der Waals surface area contributed by atoms with Gasteiger partial charge in [0.15, 0.2) is 0 Å². The van der Waals surface area contributed by atoms with Crippen molar-refractivity contribution >= 4 is 17.4 Å². The Morgan fingerprint density at radius 2 is 1.71 bits per heavy atom. The van der Waals surface area contributed by atoms with Gasteiger partial charge in [0.2, 0.25) is 5.78 Å². The van der Waals surface area contributed by atoms with Gasteiger partial charge in [-0.1, -0.05) is 62.9 Å². The Labute approximate surface area is 202 Å². The highest BCUT2D eigenvalue weighted by Crippen LogP contribution is 2.39. The summed E-state index contributed by atoms with van der Waals surface area (Å²) in [5, 5.41) is 13.5. The molecular weight excluding hydrogens is 428 g/mol. The Morgan fingerprint density at radius 3 is 2.26 bits per heavy atom. The van der Waals surface area contributed by atoms with Gasteiger partial charge in [-0.2, -0.15) is 0 Å². The number of amides is 1. The van der Waals surface area contributed by atoms with Crippen LogP contribution in [0.5, 0.6) is 5.75 Å². The number of ether oxygens (including phenoxy) is 1. The largest absolute Gasteiger partial charge is 0.872 e. The Bertz CT molecular complexity index is 1020. The van der Waals surface area contributed by atoms with E-state index >= 15 is 0 Å². The lowest BCUT2D eigenvalue weighted by atomic mass is 9.94. The Balaban J connectivity index is 1.99. The van der Waals surface area contributed by atoms with Crippen LogP contribution in [0.4, 0.5) is 0 Å². The molecule has 0 radical (unpaired) electrons. The van der Waals surface area contributed by atoms with Gasteiger partial charge in [0.25, 0.3) is 5.91 Å². The van der Waals surface area contributed by atoms with Gasteiger partial charge < -0.3 is 19.6 Å². The third-order valence-corrected chi connectivity index (χ3v) is 6.01. The van der Waals surface area contributed by atoms with Crippen LogP contribution in [0.2, 0.25) is 0 Å². The third kappa shape index (κ3) is 5.86. The number of aryl methyl sites for hydroxylation is 1. The van der Waals surface area contributed by atoms with E-state index in [-0.39, 0.29) is 5.57 Å². The van der Waals surface area contributed by atoms with Crippen molar-refractivity contribution in [2.45, 2.75) is 39.7 Å². The predicted molar refractivity (Wildman–Crippen MR) is 131 cm³/mol. The highest BCUT2D eigenvalue weighted by atomic mass is 16.5. The van der Waals surface area contributed by atoms with Crippen LogP contribution >= 0.6 is 0 Å². The van der Waals surface area contributed by atoms with Crippen LogP contribution in [0.3, 0.4) is 0 Å². The number of carbonyl (C=O) groups excluding carboxylic acids is 2. The average molecular weight is 465 g/mol. The second-order valence-electron chi connectivity index (χ2n) is 9.61. The molecule has 1 amide bonds. The zero-order valence-electron chi connectivity index (χ0n) is 20.9. The molecule has 1 atom stereocenters. The molecule has 1 saturated heterocycles. The molecule has 0 aliphatic carbocycles. The van der Waals surface area contributed by atoms with Crippen LogP contribution in [-0.4, -0.2) is 50.4 Å². The van der Waals surface area contributed by atoms with E-state index in [1.54, 1.807) is 29.2 Å². The normalized spacial score (nSPS) is 17.7. The fourth-order valence-electron chi connectivity index (χ4n) is 4.11. The molecule has 6 nitrogen and oxygen atoms in total. The predicted octanol–water partition coefficient (Wildman–Crippen LogP) is 2.04. The molecule has 3 rings (SSSR count). The number of Topliss-reactive ketones (excluding diaryl/α,β-unsaturated/α-hetero) is 1. The lowest BCUT2D eigenvalue weighted by molar-refractivity contribution is -0.858. The van der Waals surface area contributed by atoms with Gasteiger partial charge in [-0.05, 0) is 41.2 Å². The second kappa shape index (κ2) is 11.3. The van der Waals surface area contributed by atoms with Crippen molar-refractivity contribution in [1.82, 2.24) is 4.90 Å². The molecule has 2 aromatic rings. The van der Waals surface area contributed by atoms with Crippen LogP contribution in [0.25, 0.3) is 5.76 Å². The Kier molecular flexibility index (Phi) is 8.51. The van der Waals surface area contributed by atoms with Crippen molar-refractivity contribution in [3.05, 3.63) is 70.8 Å². The molecule has 182 valence electrons. The van der Waals surface area contributed by atoms with Crippen molar-refractivity contribution in [1.29, 1.82) is 0 Å². The van der Waals surface area contributed by atoms with E-state index in [2.05, 4.69) is 20.8 Å². The number of benzene rings is 2. The van der Waals surface area contributed by atoms with Crippen molar-refractivity contribution in [3.63, 3.8) is 0 Å². The minimum atomic E-state index is -0.702. The topological polar surface area (TPSA) is 74.1 Å². The number of hydrogen-bond acceptors (Lipinski definition) is 4. The summed E-state index contributed by atoms with van der Waals surface area (Å²) in [6.07, 6.45) is 1.63. The van der Waals surface area contributed by atoms with Crippen molar-refractivity contribution in [2.75, 3.05) is 33.8 Å². The number of rotatable bonds is 10. The van der Waals surface area contributed by atoms with Crippen molar-refractivity contribution in [3.8, 4) is 5.75 Å². The highest BCUT2D eigenvalue weighted by Gasteiger charge is 2.43. The summed E-state index contributed by atoms with van der Waals surface area (Å²) in [4.78, 5) is 28.9. The summed E-state index contributed by atoms with van der Waals surface area (Å²) in [5.41, 5.74) is 2.35. The minimum absolute atomic E-state index is 0.0299. The summed E-state index contributed by atoms with van der Waals surface area (Å²) in [6, 6.07) is 14.0. The summed E-state index contributed by atoms with van der Waals surface area (Å²) >= 11 is 0. The number of ketones is 1. The maximum Gasteiger partial charge on any atom is 0.295 e. The zero-order chi connectivity index (χ0) is 24.8. The molecule has 1 unspecified atom stereocenters. The lowest BCUT2D eigenvalue weighted by Crippen LogP contribution is -3.05. The Hall–Kier alpha value is -3.12. The Morgan fingerprint density at radius 1 is 1.06 bits per heavy atom. The number of carbonyl (C=O) groups is 2. The first-order valence-electron chi connectivity index (χ1n) is 12.1. The van der Waals surface area contributed by atoms with Crippen molar-refractivity contribution < 1.29 is 24.3 Å². The van der Waals surface area contributed by atoms with Crippen molar-refractivity contribution in [2.24, 2.45) is 5.92 Å². The smallest absolute Gasteiger partial charge is 0.295 e. The van der Waals surface area contributed by atoms with Gasteiger partial charge in [-0.15, -0.1) is 0 Å². The molecular formula is C28H36N2O4. The molecule has 1 aliphatic heterocycles. The van der Waals surface area contributed by atoms with Crippen LogP contribution in [0, 0.1) is 5.92 Å². The summed E-state index contributed by atoms with van der Waals surface area (Å²) < 4.78 is 5.71. The molecule has 1 heterocycles. The second-order valence-corrected chi connectivity index (χ2v) is 9.61. The van der Waals surface area contributed by atoms with Gasteiger partial charge in [-0.25, -0.2) is 0 Å². The highest BCUT2D eigenvalue weighted by molar-refractivity contribution is 6.46. The zero-order valence-corrected chi connectivity index (χ0v) is 20.9. The van der Waals surface area contributed by atoms with Gasteiger partial charge in [0, 0.05) is 18.5 Å². The first kappa shape index (κ1) is 25.5. The maximum absolute atomic E-state index is 13.5. The number of nitrogens with one attached hydrogen (secondary N) is 1. The van der Waals surface area contributed by atoms with E-state index in [1.807, 2.05) is 38.4 Å². The summed E-state index contributed by atoms with van der Waals surface area (Å²) in [6.45, 7) is 8.07. The molecule has 1 aliphatic rings. The van der Waals surface area contributed by atoms with E-state index in [1.165, 1.54) is 4.90 Å². The molecule has 0 aromatic heterocycles. The molecule has 34 heavy (non-hydrogen) atoms. The van der Waals surface area contributed by atoms with Gasteiger partial charge in [0.1, 0.15) is 5.75 Å². The molecule has 0 bridgehead atoms. The van der Waals surface area contributed by atoms with Crippen LogP contribution < -0.4 is 14.7 Å². The number of quaternary nitrogens is 1. The molecule has 2 aromatic carbocycles. The summed E-state index contributed by atoms with van der Waals surface area (Å²) in [7, 11) is 4.10. The number of nitrogens with zero attached hydrogens (tertiary/aromatic N) is 1. The lowest BCUT2D eigenvalue weighted by Gasteiger charge is -2.28. The number of hydrogen-bond donors (Lipinski definition) is 1. The van der Waals surface area contributed by atoms with Gasteiger partial charge in [-0.3, -0.25) is 9.59 Å². The van der Waals surface area contributed by atoms with Crippen LogP contribution in [0.15, 0.2) is 54.1 Å². The fraction of sp³-hybridized carbons (Fsp3) is 0.429. The monoisotopic (exact) mass is 464 g/mol. The maximum atomic E-state index is 13.5. The first-order chi connectivity index (χ1) is 16.2. The van der Waals surface area contributed by atoms with E-state index < -0.39 is 23.5 Å². The quantitative estimate of drug-likeness (QED) is 0.332. The van der Waals surface area contributed by atoms with E-state index in [0.717, 1.165) is 30.5 Å². The van der Waals surface area contributed by atoms with Gasteiger partial charge in [0.05, 0.1) is 33.3 Å². The average Bonchev–Trinajstić information content (AvgIpc) is 3.07. The molecule has 6 heteroatoms. The summed E-state index contributed by atoms with van der Waals surface area (Å²) in [5.74, 6) is -0.646. The molecule has 0 spiro atoms. The standard InChI is InChI=1S/C28H36N2O4/c1-6-20-8-10-21(11-9-20)25-24(27(32)28(33)30(25)17-7-16-29(4)5)26(31)22-12-14-23(15-13-22)34-18-19(2)3/h8-15,19,25,31H,6-7,16-18H2,1-5H3/b26-24+. The van der Waals surface area contributed by atoms with Gasteiger partial charge >= 0.3 is 0 Å². The van der Waals surface area contributed by atoms with Crippen LogP contribution in [0.1, 0.15) is 49.9 Å². The van der Waals surface area contributed by atoms with E-state index in [9.17, 15) is 14.7 Å². The third-order valence-electron chi connectivity index (χ3n) is 6.01. The van der Waals surface area contributed by atoms with Crippen LogP contribution in [-0.2, 0) is 16.0 Å². The van der Waals surface area contributed by atoms with E-state index in [0.29, 0.717) is 30.4 Å². The van der Waals surface area contributed by atoms with E-state index in [4.69, 9.17) is 4.74 Å². The SMILES string of the molecule is CCc1ccc(C2/C(=C(\[O-])c3ccc(OCC(C)C)cc3)C(=O)C(=O)N2CCC[NH+](C)C)cc1. The fourth-order valence-corrected chi connectivity index (χ4v) is 4.11. The molecule has 1 fully saturated rings. The molecule has 1 N–H and O–H groups in total. The first-order valence-corrected chi connectivity index (χ1v) is 12.1. The molecule has 0 saturated carbocycles.